The van der Waals surface area contributed by atoms with Crippen molar-refractivity contribution in [2.75, 3.05) is 25.0 Å². The van der Waals surface area contributed by atoms with E-state index >= 15 is 0 Å². The van der Waals surface area contributed by atoms with Crippen molar-refractivity contribution in [1.82, 2.24) is 4.90 Å². The van der Waals surface area contributed by atoms with E-state index in [1.54, 1.807) is 11.3 Å². The van der Waals surface area contributed by atoms with Crippen LogP contribution in [0.15, 0.2) is 0 Å². The Morgan fingerprint density at radius 2 is 2.00 bits per heavy atom. The molecule has 0 unspecified atom stereocenters. The van der Waals surface area contributed by atoms with Crippen LogP contribution in [0.3, 0.4) is 0 Å². The average molecular weight is 346 g/mol. The summed E-state index contributed by atoms with van der Waals surface area (Å²) in [5.74, 6) is 1.47. The Labute approximate surface area is 148 Å². The maximum absolute atomic E-state index is 12.4. The lowest BCUT2D eigenvalue weighted by atomic mass is 9.92. The molecule has 1 aromatic rings. The molecule has 0 radical (unpaired) electrons. The number of hydrogen-bond acceptors (Lipinski definition) is 4. The molecule has 0 aromatic carbocycles. The van der Waals surface area contributed by atoms with Crippen molar-refractivity contribution in [2.45, 2.75) is 52.4 Å². The number of carbonyl (C=O) groups excluding carboxylic acids is 1. The summed E-state index contributed by atoms with van der Waals surface area (Å²) in [6.07, 6.45) is 6.17. The van der Waals surface area contributed by atoms with E-state index in [9.17, 15) is 10.1 Å². The molecule has 5 heteroatoms. The number of likely N-dealkylation sites (tertiary alicyclic amines) is 1. The average Bonchev–Trinajstić information content (AvgIpc) is 2.89. The number of nitrogens with one attached hydrogen (secondary N) is 1. The van der Waals surface area contributed by atoms with E-state index in [1.807, 2.05) is 0 Å². The minimum absolute atomic E-state index is 0.0379. The van der Waals surface area contributed by atoms with Gasteiger partial charge in [-0.2, -0.15) is 5.26 Å². The molecule has 4 nitrogen and oxygen atoms in total. The smallest absolute Gasteiger partial charge is 0.226 e. The third kappa shape index (κ3) is 3.99. The van der Waals surface area contributed by atoms with Crippen molar-refractivity contribution >= 4 is 22.2 Å². The van der Waals surface area contributed by atoms with Crippen LogP contribution < -0.4 is 5.32 Å². The molecule has 2 atom stereocenters. The normalized spacial score (nSPS) is 24.2. The van der Waals surface area contributed by atoms with E-state index in [-0.39, 0.29) is 5.91 Å². The van der Waals surface area contributed by atoms with Crippen molar-refractivity contribution in [3.8, 4) is 6.07 Å². The van der Waals surface area contributed by atoms with E-state index in [4.69, 9.17) is 0 Å². The minimum Gasteiger partial charge on any atom is -0.317 e. The van der Waals surface area contributed by atoms with E-state index in [0.29, 0.717) is 23.8 Å². The van der Waals surface area contributed by atoms with Crippen LogP contribution >= 0.6 is 11.3 Å². The Bertz CT molecular complexity index is 636. The quantitative estimate of drug-likeness (QED) is 0.903. The number of amides is 1. The molecule has 1 fully saturated rings. The summed E-state index contributed by atoms with van der Waals surface area (Å²) < 4.78 is 0. The first-order valence-electron chi connectivity index (χ1n) is 9.13. The largest absolute Gasteiger partial charge is 0.317 e. The van der Waals surface area contributed by atoms with Gasteiger partial charge in [-0.1, -0.05) is 13.8 Å². The van der Waals surface area contributed by atoms with Gasteiger partial charge in [-0.05, 0) is 49.5 Å². The monoisotopic (exact) mass is 345 g/mol. The second kappa shape index (κ2) is 7.67. The fourth-order valence-electron chi connectivity index (χ4n) is 4.20. The van der Waals surface area contributed by atoms with Gasteiger partial charge in [0.25, 0.3) is 0 Å². The molecule has 130 valence electrons. The predicted molar refractivity (Wildman–Crippen MR) is 98.3 cm³/mol. The first-order chi connectivity index (χ1) is 11.6. The Kier molecular flexibility index (Phi) is 5.57. The topological polar surface area (TPSA) is 56.1 Å². The van der Waals surface area contributed by atoms with Crippen molar-refractivity contribution in [2.24, 2.45) is 11.8 Å². The molecule has 24 heavy (non-hydrogen) atoms. The fraction of sp³-hybridized carbons (Fsp3) is 0.684. The number of carbonyl (C=O) groups is 1. The second-order valence-electron chi connectivity index (χ2n) is 7.53. The van der Waals surface area contributed by atoms with Gasteiger partial charge in [0.1, 0.15) is 11.1 Å². The maximum atomic E-state index is 12.4. The zero-order valence-corrected chi connectivity index (χ0v) is 15.5. The first kappa shape index (κ1) is 17.4. The molecule has 2 heterocycles. The number of hydrogen-bond donors (Lipinski definition) is 1. The number of anilines is 1. The highest BCUT2D eigenvalue weighted by Crippen LogP contribution is 2.37. The van der Waals surface area contributed by atoms with Crippen LogP contribution in [-0.2, 0) is 17.6 Å². The van der Waals surface area contributed by atoms with Gasteiger partial charge in [-0.3, -0.25) is 4.79 Å². The number of piperidine rings is 1. The van der Waals surface area contributed by atoms with E-state index in [2.05, 4.69) is 30.1 Å². The highest BCUT2D eigenvalue weighted by molar-refractivity contribution is 7.16. The molecular weight excluding hydrogens is 318 g/mol. The molecule has 0 spiro atoms. The predicted octanol–water partition coefficient (Wildman–Crippen LogP) is 3.81. The van der Waals surface area contributed by atoms with Crippen molar-refractivity contribution in [3.05, 3.63) is 16.0 Å². The lowest BCUT2D eigenvalue weighted by Gasteiger charge is -2.34. The molecule has 1 saturated heterocycles. The van der Waals surface area contributed by atoms with Crippen LogP contribution in [0.5, 0.6) is 0 Å². The van der Waals surface area contributed by atoms with E-state index < -0.39 is 0 Å². The minimum atomic E-state index is 0.0379. The van der Waals surface area contributed by atoms with Crippen molar-refractivity contribution < 1.29 is 4.79 Å². The van der Waals surface area contributed by atoms with Crippen LogP contribution in [0.2, 0.25) is 0 Å². The van der Waals surface area contributed by atoms with E-state index in [0.717, 1.165) is 43.9 Å². The van der Waals surface area contributed by atoms with Gasteiger partial charge in [0, 0.05) is 30.9 Å². The third-order valence-corrected chi connectivity index (χ3v) is 6.34. The van der Waals surface area contributed by atoms with E-state index in [1.165, 1.54) is 23.3 Å². The van der Waals surface area contributed by atoms with Gasteiger partial charge >= 0.3 is 0 Å². The summed E-state index contributed by atoms with van der Waals surface area (Å²) in [7, 11) is 0. The van der Waals surface area contributed by atoms with Crippen LogP contribution in [0.4, 0.5) is 5.00 Å². The third-order valence-electron chi connectivity index (χ3n) is 5.14. The van der Waals surface area contributed by atoms with Gasteiger partial charge in [0.2, 0.25) is 5.91 Å². The highest BCUT2D eigenvalue weighted by atomic mass is 32.1. The van der Waals surface area contributed by atoms with Crippen molar-refractivity contribution in [3.63, 3.8) is 0 Å². The Hall–Kier alpha value is -1.38. The summed E-state index contributed by atoms with van der Waals surface area (Å²) in [4.78, 5) is 16.1. The number of fused-ring (bicyclic) bond motifs is 1. The van der Waals surface area contributed by atoms with Gasteiger partial charge in [0.15, 0.2) is 0 Å². The summed E-state index contributed by atoms with van der Waals surface area (Å²) in [5, 5.41) is 13.2. The lowest BCUT2D eigenvalue weighted by molar-refractivity contribution is -0.116. The molecule has 1 aliphatic carbocycles. The number of thiophene rings is 1. The molecule has 0 saturated carbocycles. The van der Waals surface area contributed by atoms with Crippen LogP contribution in [0.25, 0.3) is 0 Å². The molecule has 1 N–H and O–H groups in total. The number of aryl methyl sites for hydroxylation is 1. The number of nitrogens with zero attached hydrogens (tertiary/aromatic N) is 2. The molecule has 0 bridgehead atoms. The molecule has 2 aliphatic rings. The first-order valence-corrected chi connectivity index (χ1v) is 9.95. The summed E-state index contributed by atoms with van der Waals surface area (Å²) in [5.41, 5.74) is 1.89. The zero-order chi connectivity index (χ0) is 17.1. The Morgan fingerprint density at radius 1 is 1.29 bits per heavy atom. The number of rotatable bonds is 4. The van der Waals surface area contributed by atoms with Crippen molar-refractivity contribution in [1.29, 1.82) is 5.26 Å². The SMILES string of the molecule is C[C@@H]1C[C@@H](C)CN(CCC(=O)Nc2sc3c(c2C#N)CCCC3)C1. The summed E-state index contributed by atoms with van der Waals surface area (Å²) in [6.45, 7) is 7.58. The zero-order valence-electron chi connectivity index (χ0n) is 14.7. The molecule has 3 rings (SSSR count). The van der Waals surface area contributed by atoms with Crippen LogP contribution in [0.1, 0.15) is 55.5 Å². The maximum Gasteiger partial charge on any atom is 0.226 e. The van der Waals surface area contributed by atoms with Crippen LogP contribution in [0, 0.1) is 23.2 Å². The lowest BCUT2D eigenvalue weighted by Crippen LogP contribution is -2.40. The van der Waals surface area contributed by atoms with Crippen LogP contribution in [-0.4, -0.2) is 30.4 Å². The fourth-order valence-corrected chi connectivity index (χ4v) is 5.45. The summed E-state index contributed by atoms with van der Waals surface area (Å²) in [6, 6.07) is 2.31. The van der Waals surface area contributed by atoms with Gasteiger partial charge < -0.3 is 10.2 Å². The Balaban J connectivity index is 1.57. The molecular formula is C19H27N3OS. The molecule has 1 aromatic heterocycles. The highest BCUT2D eigenvalue weighted by Gasteiger charge is 2.24. The van der Waals surface area contributed by atoms with Gasteiger partial charge in [-0.25, -0.2) is 0 Å². The van der Waals surface area contributed by atoms with Gasteiger partial charge in [-0.15, -0.1) is 11.3 Å². The van der Waals surface area contributed by atoms with Gasteiger partial charge in [0.05, 0.1) is 5.56 Å². The Morgan fingerprint density at radius 3 is 2.71 bits per heavy atom. The standard InChI is InChI=1S/C19H27N3OS/c1-13-9-14(2)12-22(11-13)8-7-18(23)21-19-16(10-20)15-5-3-4-6-17(15)24-19/h13-14H,3-9,11-12H2,1-2H3,(H,21,23)/t13-,14-/m1/s1. The second-order valence-corrected chi connectivity index (χ2v) is 8.64. The molecule has 1 aliphatic heterocycles. The molecule has 1 amide bonds. The number of nitriles is 1. The summed E-state index contributed by atoms with van der Waals surface area (Å²) >= 11 is 1.61.